The van der Waals surface area contributed by atoms with Crippen LogP contribution in [0.3, 0.4) is 0 Å². The smallest absolute Gasteiger partial charge is 0.322 e. The van der Waals surface area contributed by atoms with Crippen molar-refractivity contribution in [2.24, 2.45) is 11.5 Å². The van der Waals surface area contributed by atoms with Crippen LogP contribution in [0, 0.1) is 0 Å². The number of carbonyl (C=O) groups excluding carboxylic acids is 2. The Morgan fingerprint density at radius 3 is 2.45 bits per heavy atom. The van der Waals surface area contributed by atoms with E-state index < -0.39 is 17.9 Å². The highest BCUT2D eigenvalue weighted by atomic mass is 16.6. The van der Waals surface area contributed by atoms with Crippen LogP contribution < -0.4 is 11.5 Å². The molecule has 4 N–H and O–H groups in total. The van der Waals surface area contributed by atoms with E-state index in [9.17, 15) is 9.59 Å². The maximum Gasteiger partial charge on any atom is 0.322 e. The first-order valence-electron chi connectivity index (χ1n) is 3.19. The molecule has 0 rings (SSSR count). The van der Waals surface area contributed by atoms with Crippen molar-refractivity contribution < 1.29 is 14.3 Å². The second-order valence-electron chi connectivity index (χ2n) is 2.13. The summed E-state index contributed by atoms with van der Waals surface area (Å²) in [5.41, 5.74) is 10.1. The molecule has 0 radical (unpaired) electrons. The number of hydrogen-bond acceptors (Lipinski definition) is 4. The average Bonchev–Trinajstić information content (AvgIpc) is 1.98. The third kappa shape index (κ3) is 4.32. The van der Waals surface area contributed by atoms with Gasteiger partial charge in [0.15, 0.2) is 0 Å². The molecule has 0 bridgehead atoms. The molecule has 0 unspecified atom stereocenters. The predicted molar refractivity (Wildman–Crippen MR) is 38.4 cm³/mol. The van der Waals surface area contributed by atoms with E-state index >= 15 is 0 Å². The van der Waals surface area contributed by atoms with Gasteiger partial charge in [-0.15, -0.1) is 0 Å². The Labute approximate surface area is 64.7 Å². The van der Waals surface area contributed by atoms with Crippen molar-refractivity contribution in [2.75, 3.05) is 7.11 Å². The number of carbonyl (C=O) groups is 2. The third-order valence-corrected chi connectivity index (χ3v) is 1.21. The van der Waals surface area contributed by atoms with Gasteiger partial charge in [0.05, 0.1) is 7.11 Å². The van der Waals surface area contributed by atoms with Crippen LogP contribution >= 0.6 is 0 Å². The van der Waals surface area contributed by atoms with Crippen LogP contribution in [0.1, 0.15) is 12.8 Å². The molecule has 0 saturated carbocycles. The van der Waals surface area contributed by atoms with E-state index in [4.69, 9.17) is 11.5 Å². The largest absolute Gasteiger partial charge is 0.468 e. The van der Waals surface area contributed by atoms with Gasteiger partial charge in [-0.05, 0) is 6.42 Å². The fourth-order valence-corrected chi connectivity index (χ4v) is 0.567. The van der Waals surface area contributed by atoms with E-state index in [1.807, 2.05) is 0 Å². The van der Waals surface area contributed by atoms with E-state index in [0.717, 1.165) is 0 Å². The lowest BCUT2D eigenvalue weighted by Gasteiger charge is -2.06. The first-order valence-corrected chi connectivity index (χ1v) is 3.19. The number of methoxy groups -OCH3 is 1. The van der Waals surface area contributed by atoms with E-state index in [1.54, 1.807) is 0 Å². The highest BCUT2D eigenvalue weighted by Crippen LogP contribution is 1.94. The monoisotopic (exact) mass is 165 g/mol. The maximum absolute atomic E-state index is 10.6. The lowest BCUT2D eigenvalue weighted by molar-refractivity contribution is -0.142. The van der Waals surface area contributed by atoms with Crippen molar-refractivity contribution in [1.29, 1.82) is 0 Å². The fourth-order valence-electron chi connectivity index (χ4n) is 0.567. The van der Waals surface area contributed by atoms with Crippen LogP contribution in [0.15, 0.2) is 0 Å². The van der Waals surface area contributed by atoms with E-state index in [-0.39, 0.29) is 12.8 Å². The highest BCUT2D eigenvalue weighted by molar-refractivity contribution is 5.78. The number of amides is 1. The van der Waals surface area contributed by atoms with Gasteiger partial charge in [-0.1, -0.05) is 0 Å². The fraction of sp³-hybridized carbons (Fsp3) is 0.667. The highest BCUT2D eigenvalue weighted by Gasteiger charge is 2.13. The molecule has 64 valence electrons. The molecular formula is C6H12N2O3. The summed E-state index contributed by atoms with van der Waals surface area (Å²) in [6.45, 7) is 0. The average molecular weight is 165 g/mol. The van der Waals surface area contributed by atoms with Gasteiger partial charge in [-0.25, -0.2) is 0 Å². The van der Waals surface area contributed by atoms with Gasteiger partial charge in [0.2, 0.25) is 5.91 Å². The zero-order valence-corrected chi connectivity index (χ0v) is 6.37. The molecule has 0 heterocycles. The van der Waals surface area contributed by atoms with Gasteiger partial charge < -0.3 is 16.2 Å². The van der Waals surface area contributed by atoms with Crippen molar-refractivity contribution in [1.82, 2.24) is 0 Å². The number of ether oxygens (including phenoxy) is 1. The summed E-state index contributed by atoms with van der Waals surface area (Å²) in [6, 6.07) is -0.743. The molecule has 0 fully saturated rings. The molecule has 0 aromatic heterocycles. The molecular weight excluding hydrogens is 153 g/mol. The Balaban J connectivity index is 3.60. The van der Waals surface area contributed by atoms with Crippen LogP contribution in [0.5, 0.6) is 0 Å². The number of primary amides is 1. The van der Waals surface area contributed by atoms with Crippen LogP contribution in [-0.2, 0) is 14.3 Å². The van der Waals surface area contributed by atoms with Crippen LogP contribution in [0.2, 0.25) is 0 Å². The zero-order valence-electron chi connectivity index (χ0n) is 6.37. The Kier molecular flexibility index (Phi) is 4.21. The second-order valence-corrected chi connectivity index (χ2v) is 2.13. The minimum absolute atomic E-state index is 0.107. The van der Waals surface area contributed by atoms with E-state index in [0.29, 0.717) is 0 Å². The molecule has 1 amide bonds. The minimum Gasteiger partial charge on any atom is -0.468 e. The number of esters is 1. The lowest BCUT2D eigenvalue weighted by atomic mass is 11.1. The quantitative estimate of drug-likeness (QED) is 0.402. The summed E-state index contributed by atoms with van der Waals surface area (Å²) < 4.78 is 4.33. The summed E-state index contributed by atoms with van der Waals surface area (Å²) in [6.07, 6.45) is 0.346. The van der Waals surface area contributed by atoms with Crippen molar-refractivity contribution in [3.05, 3.63) is 0 Å². The molecule has 1 atom stereocenters. The van der Waals surface area contributed by atoms with Crippen molar-refractivity contribution in [3.8, 4) is 0 Å². The second kappa shape index (κ2) is 4.68. The van der Waals surface area contributed by atoms with Gasteiger partial charge in [0.25, 0.3) is 0 Å². The maximum atomic E-state index is 10.6. The van der Waals surface area contributed by atoms with Gasteiger partial charge in [0, 0.05) is 6.42 Å². The SMILES string of the molecule is CO[13C](=O)[13C@@H](N)[13CH2][13CH2][13C](N)=O. The Hall–Kier alpha value is -1.10. The molecule has 0 saturated heterocycles. The van der Waals surface area contributed by atoms with Gasteiger partial charge in [-0.3, -0.25) is 9.59 Å². The van der Waals surface area contributed by atoms with Gasteiger partial charge in [0.1, 0.15) is 6.04 Å². The molecule has 0 aliphatic heterocycles. The van der Waals surface area contributed by atoms with E-state index in [1.165, 1.54) is 7.11 Å². The molecule has 5 heteroatoms. The van der Waals surface area contributed by atoms with Crippen molar-refractivity contribution in [3.63, 3.8) is 0 Å². The Bertz CT molecular complexity index is 158. The summed E-state index contributed by atoms with van der Waals surface area (Å²) in [4.78, 5) is 20.9. The Morgan fingerprint density at radius 1 is 1.55 bits per heavy atom. The lowest BCUT2D eigenvalue weighted by Crippen LogP contribution is -2.32. The summed E-state index contributed by atoms with van der Waals surface area (Å²) in [5, 5.41) is 0. The number of rotatable bonds is 4. The van der Waals surface area contributed by atoms with Crippen LogP contribution in [0.25, 0.3) is 0 Å². The van der Waals surface area contributed by atoms with Crippen LogP contribution in [0.4, 0.5) is 0 Å². The summed E-state index contributed by atoms with van der Waals surface area (Å²) in [7, 11) is 1.24. The minimum atomic E-state index is -0.743. The third-order valence-electron chi connectivity index (χ3n) is 1.21. The number of hydrogen-bond donors (Lipinski definition) is 2. The van der Waals surface area contributed by atoms with Crippen molar-refractivity contribution >= 4 is 11.9 Å². The van der Waals surface area contributed by atoms with Gasteiger partial charge >= 0.3 is 5.97 Å². The molecule has 0 spiro atoms. The summed E-state index contributed by atoms with van der Waals surface area (Å²) >= 11 is 0. The standard InChI is InChI=1S/C6H12N2O3/c1-11-6(10)4(7)2-3-5(8)9/h4H,2-3,7H2,1H3,(H2,8,9)/t4-/m0/s1/i2+1,3+1,4+1,5+1,6+1. The molecule has 0 aliphatic carbocycles. The van der Waals surface area contributed by atoms with Crippen LogP contribution in [-0.4, -0.2) is 25.0 Å². The van der Waals surface area contributed by atoms with Crippen molar-refractivity contribution in [2.45, 2.75) is 18.9 Å². The zero-order chi connectivity index (χ0) is 8.85. The number of nitrogens with two attached hydrogens (primary N) is 2. The molecule has 0 aliphatic rings. The molecule has 5 nitrogen and oxygen atoms in total. The first kappa shape index (κ1) is 9.90. The predicted octanol–water partition coefficient (Wildman–Crippen LogP) is -1.25. The molecule has 0 aromatic carbocycles. The topological polar surface area (TPSA) is 95.4 Å². The normalized spacial score (nSPS) is 12.2. The van der Waals surface area contributed by atoms with Gasteiger partial charge in [-0.2, -0.15) is 0 Å². The first-order chi connectivity index (χ1) is 5.07. The molecule has 11 heavy (non-hydrogen) atoms. The summed E-state index contributed by atoms with van der Waals surface area (Å²) in [5.74, 6) is -0.990. The van der Waals surface area contributed by atoms with E-state index in [2.05, 4.69) is 4.74 Å². The molecule has 0 aromatic rings. The Morgan fingerprint density at radius 2 is 2.09 bits per heavy atom.